The number of carbonyl (C=O) groups excluding carboxylic acids is 1. The molecule has 2 N–H and O–H groups in total. The molecule has 1 amide bonds. The Morgan fingerprint density at radius 2 is 1.87 bits per heavy atom. The molecule has 0 saturated carbocycles. The number of carboxylic acid groups (broad SMARTS) is 1. The highest BCUT2D eigenvalue weighted by Crippen LogP contribution is 2.12. The molecule has 0 aliphatic heterocycles. The van der Waals surface area contributed by atoms with Gasteiger partial charge in [-0.3, -0.25) is 4.79 Å². The Hall–Kier alpha value is -2.10. The molecule has 4 nitrogen and oxygen atoms in total. The van der Waals surface area contributed by atoms with Crippen molar-refractivity contribution in [1.29, 1.82) is 0 Å². The van der Waals surface area contributed by atoms with E-state index in [2.05, 4.69) is 5.32 Å². The fraction of sp³-hybridized carbons (Fsp3) is 0.0909. The van der Waals surface area contributed by atoms with Gasteiger partial charge in [0, 0.05) is 13.1 Å². The van der Waals surface area contributed by atoms with Crippen LogP contribution in [0.5, 0.6) is 0 Å². The lowest BCUT2D eigenvalue weighted by molar-refractivity contribution is -0.130. The molecule has 1 aromatic carbocycles. The minimum atomic E-state index is -1.07. The molecule has 0 atom stereocenters. The first kappa shape index (κ1) is 11.0. The van der Waals surface area contributed by atoms with Crippen molar-refractivity contribution >= 4 is 17.4 Å². The number of benzene rings is 1. The second-order valence-corrected chi connectivity index (χ2v) is 2.93. The SMILES string of the molecule is CC(=O)N/C=C(/C(=O)O)c1ccccc1. The van der Waals surface area contributed by atoms with Crippen molar-refractivity contribution < 1.29 is 14.7 Å². The van der Waals surface area contributed by atoms with Crippen molar-refractivity contribution in [2.75, 3.05) is 0 Å². The third-order valence-corrected chi connectivity index (χ3v) is 1.73. The van der Waals surface area contributed by atoms with Gasteiger partial charge in [0.1, 0.15) is 0 Å². The largest absolute Gasteiger partial charge is 0.478 e. The number of hydrogen-bond acceptors (Lipinski definition) is 2. The summed E-state index contributed by atoms with van der Waals surface area (Å²) in [4.78, 5) is 21.5. The van der Waals surface area contributed by atoms with Crippen molar-refractivity contribution in [3.8, 4) is 0 Å². The Bertz CT molecular complexity index is 396. The van der Waals surface area contributed by atoms with Crippen LogP contribution < -0.4 is 5.32 Å². The van der Waals surface area contributed by atoms with Crippen LogP contribution in [0.3, 0.4) is 0 Å². The summed E-state index contributed by atoms with van der Waals surface area (Å²) in [6.45, 7) is 1.32. The number of carboxylic acids is 1. The molecule has 15 heavy (non-hydrogen) atoms. The molecule has 1 rings (SSSR count). The molecule has 0 bridgehead atoms. The van der Waals surface area contributed by atoms with Gasteiger partial charge in [-0.1, -0.05) is 30.3 Å². The van der Waals surface area contributed by atoms with Gasteiger partial charge in [-0.15, -0.1) is 0 Å². The summed E-state index contributed by atoms with van der Waals surface area (Å²) in [5.41, 5.74) is 0.615. The van der Waals surface area contributed by atoms with Gasteiger partial charge in [-0.2, -0.15) is 0 Å². The van der Waals surface area contributed by atoms with Gasteiger partial charge < -0.3 is 10.4 Å². The van der Waals surface area contributed by atoms with Crippen LogP contribution in [0.4, 0.5) is 0 Å². The van der Waals surface area contributed by atoms with Crippen molar-refractivity contribution in [2.24, 2.45) is 0 Å². The maximum atomic E-state index is 10.9. The molecule has 1 aromatic rings. The summed E-state index contributed by atoms with van der Waals surface area (Å²) in [6.07, 6.45) is 1.19. The number of rotatable bonds is 3. The van der Waals surface area contributed by atoms with E-state index in [9.17, 15) is 9.59 Å². The number of amides is 1. The number of hydrogen-bond donors (Lipinski definition) is 2. The van der Waals surface area contributed by atoms with Gasteiger partial charge in [-0.25, -0.2) is 4.79 Å². The molecule has 0 aliphatic carbocycles. The molecule has 0 heterocycles. The summed E-state index contributed by atoms with van der Waals surface area (Å²) in [7, 11) is 0. The molecule has 0 unspecified atom stereocenters. The molecular weight excluding hydrogens is 194 g/mol. The summed E-state index contributed by atoms with van der Waals surface area (Å²) in [5.74, 6) is -1.38. The first-order chi connectivity index (χ1) is 7.11. The van der Waals surface area contributed by atoms with E-state index in [0.29, 0.717) is 5.56 Å². The van der Waals surface area contributed by atoms with Crippen LogP contribution in [0.1, 0.15) is 12.5 Å². The minimum Gasteiger partial charge on any atom is -0.478 e. The molecule has 0 saturated heterocycles. The zero-order valence-corrected chi connectivity index (χ0v) is 8.23. The molecule has 0 radical (unpaired) electrons. The van der Waals surface area contributed by atoms with E-state index in [1.807, 2.05) is 0 Å². The minimum absolute atomic E-state index is 0.0609. The van der Waals surface area contributed by atoms with E-state index in [4.69, 9.17) is 5.11 Å². The quantitative estimate of drug-likeness (QED) is 0.730. The van der Waals surface area contributed by atoms with Crippen LogP contribution in [0.25, 0.3) is 5.57 Å². The van der Waals surface area contributed by atoms with Crippen molar-refractivity contribution in [2.45, 2.75) is 6.92 Å². The fourth-order valence-corrected chi connectivity index (χ4v) is 1.06. The topological polar surface area (TPSA) is 66.4 Å². The standard InChI is InChI=1S/C11H11NO3/c1-8(13)12-7-10(11(14)15)9-5-3-2-4-6-9/h2-7H,1H3,(H,12,13)(H,14,15)/b10-7+. The van der Waals surface area contributed by atoms with E-state index in [0.717, 1.165) is 0 Å². The summed E-state index contributed by atoms with van der Waals surface area (Å²) < 4.78 is 0. The maximum Gasteiger partial charge on any atom is 0.337 e. The van der Waals surface area contributed by atoms with Crippen LogP contribution >= 0.6 is 0 Å². The average Bonchev–Trinajstić information content (AvgIpc) is 2.18. The Morgan fingerprint density at radius 1 is 1.27 bits per heavy atom. The van der Waals surface area contributed by atoms with Crippen LogP contribution in [-0.4, -0.2) is 17.0 Å². The number of nitrogens with one attached hydrogen (secondary N) is 1. The van der Waals surface area contributed by atoms with Crippen LogP contribution in [-0.2, 0) is 9.59 Å². The monoisotopic (exact) mass is 205 g/mol. The zero-order chi connectivity index (χ0) is 11.3. The van der Waals surface area contributed by atoms with Gasteiger partial charge in [-0.05, 0) is 5.56 Å². The van der Waals surface area contributed by atoms with Crippen molar-refractivity contribution in [3.05, 3.63) is 42.1 Å². The van der Waals surface area contributed by atoms with Crippen LogP contribution in [0.2, 0.25) is 0 Å². The first-order valence-electron chi connectivity index (χ1n) is 4.37. The van der Waals surface area contributed by atoms with Gasteiger partial charge >= 0.3 is 5.97 Å². The van der Waals surface area contributed by atoms with Crippen molar-refractivity contribution in [3.63, 3.8) is 0 Å². The fourth-order valence-electron chi connectivity index (χ4n) is 1.06. The third kappa shape index (κ3) is 3.27. The van der Waals surface area contributed by atoms with Gasteiger partial charge in [0.05, 0.1) is 5.57 Å². The van der Waals surface area contributed by atoms with Crippen molar-refractivity contribution in [1.82, 2.24) is 5.32 Å². The van der Waals surface area contributed by atoms with Gasteiger partial charge in [0.15, 0.2) is 0 Å². The lowest BCUT2D eigenvalue weighted by atomic mass is 10.1. The zero-order valence-electron chi connectivity index (χ0n) is 8.23. The van der Waals surface area contributed by atoms with E-state index < -0.39 is 5.97 Å². The van der Waals surface area contributed by atoms with Gasteiger partial charge in [0.25, 0.3) is 0 Å². The Balaban J connectivity index is 2.99. The summed E-state index contributed by atoms with van der Waals surface area (Å²) in [6, 6.07) is 8.60. The van der Waals surface area contributed by atoms with Gasteiger partial charge in [0.2, 0.25) is 5.91 Å². The number of carbonyl (C=O) groups is 2. The normalized spacial score (nSPS) is 10.9. The predicted molar refractivity (Wildman–Crippen MR) is 55.9 cm³/mol. The second kappa shape index (κ2) is 4.95. The Kier molecular flexibility index (Phi) is 3.62. The predicted octanol–water partition coefficient (Wildman–Crippen LogP) is 1.25. The van der Waals surface area contributed by atoms with Crippen LogP contribution in [0.15, 0.2) is 36.5 Å². The van der Waals surface area contributed by atoms with E-state index in [1.165, 1.54) is 13.1 Å². The summed E-state index contributed by atoms with van der Waals surface area (Å²) >= 11 is 0. The third-order valence-electron chi connectivity index (χ3n) is 1.73. The maximum absolute atomic E-state index is 10.9. The van der Waals surface area contributed by atoms with Crippen LogP contribution in [0, 0.1) is 0 Å². The molecule has 0 fully saturated rings. The van der Waals surface area contributed by atoms with E-state index in [-0.39, 0.29) is 11.5 Å². The first-order valence-corrected chi connectivity index (χ1v) is 4.37. The molecular formula is C11H11NO3. The Morgan fingerprint density at radius 3 is 2.33 bits per heavy atom. The smallest absolute Gasteiger partial charge is 0.337 e. The lowest BCUT2D eigenvalue weighted by Gasteiger charge is -2.02. The van der Waals surface area contributed by atoms with E-state index >= 15 is 0 Å². The molecule has 4 heteroatoms. The highest BCUT2D eigenvalue weighted by Gasteiger charge is 2.09. The van der Waals surface area contributed by atoms with E-state index in [1.54, 1.807) is 30.3 Å². The molecule has 0 spiro atoms. The molecule has 78 valence electrons. The highest BCUT2D eigenvalue weighted by molar-refractivity contribution is 6.15. The average molecular weight is 205 g/mol. The highest BCUT2D eigenvalue weighted by atomic mass is 16.4. The lowest BCUT2D eigenvalue weighted by Crippen LogP contribution is -2.14. The molecule has 0 aromatic heterocycles. The second-order valence-electron chi connectivity index (χ2n) is 2.93. The number of aliphatic carboxylic acids is 1. The molecule has 0 aliphatic rings. The summed E-state index contributed by atoms with van der Waals surface area (Å²) in [5, 5.41) is 11.3. The Labute approximate surface area is 87.2 Å².